The first kappa shape index (κ1) is 16.7. The van der Waals surface area contributed by atoms with Crippen LogP contribution in [0, 0.1) is 0 Å². The lowest BCUT2D eigenvalue weighted by Gasteiger charge is -2.11. The minimum Gasteiger partial charge on any atom is -0.491 e. The molecule has 0 aliphatic carbocycles. The predicted molar refractivity (Wildman–Crippen MR) is 99.1 cm³/mol. The minimum absolute atomic E-state index is 0.156. The van der Waals surface area contributed by atoms with Gasteiger partial charge in [-0.3, -0.25) is 0 Å². The van der Waals surface area contributed by atoms with Crippen LogP contribution in [0.1, 0.15) is 19.4 Å². The number of nitrogens with zero attached hydrogens (tertiary/aromatic N) is 3. The highest BCUT2D eigenvalue weighted by atomic mass is 16.5. The zero-order valence-electron chi connectivity index (χ0n) is 14.3. The Morgan fingerprint density at radius 2 is 1.76 bits per heavy atom. The van der Waals surface area contributed by atoms with Gasteiger partial charge in [0, 0.05) is 12.2 Å². The number of hydrogen-bond acceptors (Lipinski definition) is 6. The summed E-state index contributed by atoms with van der Waals surface area (Å²) in [5.41, 5.74) is 2.07. The van der Waals surface area contributed by atoms with Gasteiger partial charge in [-0.05, 0) is 43.7 Å². The Morgan fingerprint density at radius 1 is 1.00 bits per heavy atom. The van der Waals surface area contributed by atoms with Crippen molar-refractivity contribution in [3.05, 3.63) is 66.4 Å². The summed E-state index contributed by atoms with van der Waals surface area (Å²) >= 11 is 0. The number of rotatable bonds is 7. The van der Waals surface area contributed by atoms with E-state index in [9.17, 15) is 0 Å². The predicted octanol–water partition coefficient (Wildman–Crippen LogP) is 4.01. The Bertz CT molecular complexity index is 790. The van der Waals surface area contributed by atoms with Crippen molar-refractivity contribution < 1.29 is 4.74 Å². The zero-order valence-corrected chi connectivity index (χ0v) is 14.3. The molecule has 0 unspecified atom stereocenters. The van der Waals surface area contributed by atoms with Gasteiger partial charge in [0.1, 0.15) is 5.75 Å². The second-order valence-corrected chi connectivity index (χ2v) is 5.82. The van der Waals surface area contributed by atoms with Crippen molar-refractivity contribution in [1.29, 1.82) is 0 Å². The van der Waals surface area contributed by atoms with Crippen LogP contribution in [0.15, 0.2) is 60.8 Å². The molecule has 0 fully saturated rings. The summed E-state index contributed by atoms with van der Waals surface area (Å²) in [6.45, 7) is 4.65. The zero-order chi connectivity index (χ0) is 17.5. The molecule has 2 N–H and O–H groups in total. The molecule has 0 radical (unpaired) electrons. The first-order chi connectivity index (χ1) is 12.2. The second kappa shape index (κ2) is 8.10. The first-order valence-electron chi connectivity index (χ1n) is 8.20. The van der Waals surface area contributed by atoms with Crippen LogP contribution in [0.25, 0.3) is 0 Å². The summed E-state index contributed by atoms with van der Waals surface area (Å²) in [5.74, 6) is 1.95. The van der Waals surface area contributed by atoms with Crippen LogP contribution in [-0.4, -0.2) is 21.3 Å². The number of aromatic nitrogens is 3. The molecule has 0 bridgehead atoms. The van der Waals surface area contributed by atoms with Crippen LogP contribution >= 0.6 is 0 Å². The quantitative estimate of drug-likeness (QED) is 0.679. The third-order valence-corrected chi connectivity index (χ3v) is 3.35. The Morgan fingerprint density at radius 3 is 2.48 bits per heavy atom. The lowest BCUT2D eigenvalue weighted by Crippen LogP contribution is -2.06. The molecule has 0 spiro atoms. The van der Waals surface area contributed by atoms with Gasteiger partial charge in [0.05, 0.1) is 12.3 Å². The third kappa shape index (κ3) is 5.17. The lowest BCUT2D eigenvalue weighted by molar-refractivity contribution is 0.242. The van der Waals surface area contributed by atoms with E-state index in [0.717, 1.165) is 17.0 Å². The van der Waals surface area contributed by atoms with Gasteiger partial charge in [-0.1, -0.05) is 30.3 Å². The van der Waals surface area contributed by atoms with Gasteiger partial charge in [0.15, 0.2) is 5.82 Å². The molecule has 3 aromatic rings. The van der Waals surface area contributed by atoms with E-state index >= 15 is 0 Å². The van der Waals surface area contributed by atoms with E-state index in [1.165, 1.54) is 0 Å². The van der Waals surface area contributed by atoms with Gasteiger partial charge in [-0.25, -0.2) is 0 Å². The smallest absolute Gasteiger partial charge is 0.244 e. The van der Waals surface area contributed by atoms with E-state index in [2.05, 4.69) is 25.8 Å². The van der Waals surface area contributed by atoms with Crippen molar-refractivity contribution in [3.63, 3.8) is 0 Å². The van der Waals surface area contributed by atoms with Crippen molar-refractivity contribution in [3.8, 4) is 5.75 Å². The monoisotopic (exact) mass is 335 g/mol. The highest BCUT2D eigenvalue weighted by Gasteiger charge is 2.03. The Kier molecular flexibility index (Phi) is 5.41. The Balaban J connectivity index is 1.61. The van der Waals surface area contributed by atoms with Crippen LogP contribution in [0.4, 0.5) is 17.5 Å². The van der Waals surface area contributed by atoms with Gasteiger partial charge in [-0.2, -0.15) is 10.1 Å². The van der Waals surface area contributed by atoms with Gasteiger partial charge < -0.3 is 15.4 Å². The van der Waals surface area contributed by atoms with Crippen molar-refractivity contribution in [1.82, 2.24) is 15.2 Å². The molecule has 6 nitrogen and oxygen atoms in total. The van der Waals surface area contributed by atoms with Crippen molar-refractivity contribution in [2.24, 2.45) is 0 Å². The highest BCUT2D eigenvalue weighted by molar-refractivity contribution is 5.57. The molecule has 2 aromatic carbocycles. The van der Waals surface area contributed by atoms with E-state index in [0.29, 0.717) is 18.3 Å². The fourth-order valence-corrected chi connectivity index (χ4v) is 2.25. The molecule has 0 saturated heterocycles. The SMILES string of the molecule is CC(C)Oc1ccc(Nc2cnnc(NCc3ccccc3)n2)cc1. The summed E-state index contributed by atoms with van der Waals surface area (Å²) in [6.07, 6.45) is 1.75. The molecule has 6 heteroatoms. The molecule has 128 valence electrons. The van der Waals surface area contributed by atoms with Crippen LogP contribution in [0.3, 0.4) is 0 Å². The molecular weight excluding hydrogens is 314 g/mol. The maximum atomic E-state index is 5.64. The molecule has 25 heavy (non-hydrogen) atoms. The standard InChI is InChI=1S/C19H21N5O/c1-14(2)25-17-10-8-16(9-11-17)22-18-13-21-24-19(23-18)20-12-15-6-4-3-5-7-15/h3-11,13-14H,12H2,1-2H3,(H2,20,22,23,24). The summed E-state index contributed by atoms with van der Waals surface area (Å²) in [6, 6.07) is 17.8. The van der Waals surface area contributed by atoms with Gasteiger partial charge in [-0.15, -0.1) is 5.10 Å². The molecular formula is C19H21N5O. The van der Waals surface area contributed by atoms with E-state index in [1.54, 1.807) is 6.20 Å². The Labute approximate surface area is 147 Å². The Hall–Kier alpha value is -3.15. The van der Waals surface area contributed by atoms with Crippen molar-refractivity contribution in [2.45, 2.75) is 26.5 Å². The number of benzene rings is 2. The molecule has 0 aliphatic heterocycles. The molecule has 0 atom stereocenters. The average Bonchev–Trinajstić information content (AvgIpc) is 2.62. The third-order valence-electron chi connectivity index (χ3n) is 3.35. The van der Waals surface area contributed by atoms with E-state index in [1.807, 2.05) is 68.4 Å². The summed E-state index contributed by atoms with van der Waals surface area (Å²) in [4.78, 5) is 4.43. The second-order valence-electron chi connectivity index (χ2n) is 5.82. The summed E-state index contributed by atoms with van der Waals surface area (Å²) in [7, 11) is 0. The molecule has 0 aliphatic rings. The lowest BCUT2D eigenvalue weighted by atomic mass is 10.2. The number of ether oxygens (including phenoxy) is 1. The summed E-state index contributed by atoms with van der Waals surface area (Å²) in [5, 5.41) is 14.4. The van der Waals surface area contributed by atoms with E-state index in [4.69, 9.17) is 4.74 Å². The molecule has 0 amide bonds. The van der Waals surface area contributed by atoms with Crippen molar-refractivity contribution >= 4 is 17.5 Å². The fraction of sp³-hybridized carbons (Fsp3) is 0.211. The number of nitrogens with one attached hydrogen (secondary N) is 2. The van der Waals surface area contributed by atoms with Crippen LogP contribution < -0.4 is 15.4 Å². The molecule has 0 saturated carbocycles. The van der Waals surface area contributed by atoms with Crippen LogP contribution in [-0.2, 0) is 6.54 Å². The molecule has 3 rings (SSSR count). The topological polar surface area (TPSA) is 72.0 Å². The van der Waals surface area contributed by atoms with Gasteiger partial charge >= 0.3 is 0 Å². The largest absolute Gasteiger partial charge is 0.491 e. The molecule has 1 heterocycles. The van der Waals surface area contributed by atoms with Crippen LogP contribution in [0.2, 0.25) is 0 Å². The van der Waals surface area contributed by atoms with Crippen LogP contribution in [0.5, 0.6) is 5.75 Å². The van der Waals surface area contributed by atoms with Gasteiger partial charge in [0.2, 0.25) is 5.95 Å². The number of anilines is 3. The minimum atomic E-state index is 0.156. The van der Waals surface area contributed by atoms with E-state index in [-0.39, 0.29) is 6.10 Å². The maximum Gasteiger partial charge on any atom is 0.244 e. The van der Waals surface area contributed by atoms with E-state index < -0.39 is 0 Å². The van der Waals surface area contributed by atoms with Gasteiger partial charge in [0.25, 0.3) is 0 Å². The maximum absolute atomic E-state index is 5.64. The molecule has 1 aromatic heterocycles. The highest BCUT2D eigenvalue weighted by Crippen LogP contribution is 2.19. The van der Waals surface area contributed by atoms with Crippen molar-refractivity contribution in [2.75, 3.05) is 10.6 Å². The fourth-order valence-electron chi connectivity index (χ4n) is 2.25. The summed E-state index contributed by atoms with van der Waals surface area (Å²) < 4.78 is 5.64. The number of hydrogen-bond donors (Lipinski definition) is 2. The first-order valence-corrected chi connectivity index (χ1v) is 8.20. The normalized spacial score (nSPS) is 10.5. The average molecular weight is 335 g/mol.